The largest absolute Gasteiger partial charge is 0.311 e. The van der Waals surface area contributed by atoms with Crippen LogP contribution in [0, 0.1) is 0 Å². The number of anilines is 6. The quantitative estimate of drug-likeness (QED) is 0.127. The number of aromatic nitrogens is 5. The van der Waals surface area contributed by atoms with E-state index in [0.29, 0.717) is 11.6 Å². The van der Waals surface area contributed by atoms with E-state index in [1.54, 1.807) is 0 Å². The molecule has 7 nitrogen and oxygen atoms in total. The van der Waals surface area contributed by atoms with Crippen LogP contribution >= 0.6 is 0 Å². The Bertz CT molecular complexity index is 5070. The van der Waals surface area contributed by atoms with Crippen molar-refractivity contribution in [3.8, 4) is 84.6 Å². The van der Waals surface area contributed by atoms with E-state index in [1.807, 2.05) is 24.3 Å². The predicted octanol–water partition coefficient (Wildman–Crippen LogP) is 18.1. The van der Waals surface area contributed by atoms with Gasteiger partial charge in [-0.2, -0.15) is 0 Å². The molecule has 0 saturated carbocycles. The van der Waals surface area contributed by atoms with E-state index in [-0.39, 0.29) is 6.71 Å². The Kier molecular flexibility index (Phi) is 12.2. The molecule has 12 aromatic carbocycles. The minimum absolute atomic E-state index is 0.0547. The van der Waals surface area contributed by atoms with Gasteiger partial charge in [-0.1, -0.05) is 224 Å². The van der Waals surface area contributed by atoms with Crippen LogP contribution in [0.1, 0.15) is 0 Å². The van der Waals surface area contributed by atoms with Crippen molar-refractivity contribution in [2.45, 2.75) is 0 Å². The van der Waals surface area contributed by atoms with Crippen molar-refractivity contribution in [3.63, 3.8) is 0 Å². The lowest BCUT2D eigenvalue weighted by Crippen LogP contribution is -2.61. The van der Waals surface area contributed by atoms with Crippen LogP contribution in [0.3, 0.4) is 0 Å². The van der Waals surface area contributed by atoms with Crippen molar-refractivity contribution in [2.24, 2.45) is 0 Å². The average Bonchev–Trinajstić information content (AvgIpc) is 1.45. The molecule has 3 aromatic heterocycles. The molecule has 0 fully saturated rings. The number of nitrogens with zero attached hydrogens (tertiary/aromatic N) is 7. The van der Waals surface area contributed by atoms with Crippen LogP contribution < -0.4 is 26.2 Å². The van der Waals surface area contributed by atoms with Gasteiger partial charge in [0.2, 0.25) is 0 Å². The van der Waals surface area contributed by atoms with Gasteiger partial charge in [-0.3, -0.25) is 0 Å². The van der Waals surface area contributed by atoms with Crippen LogP contribution in [0.4, 0.5) is 34.1 Å². The van der Waals surface area contributed by atoms with E-state index in [1.165, 1.54) is 49.9 Å². The van der Waals surface area contributed by atoms with E-state index in [0.717, 1.165) is 95.4 Å². The van der Waals surface area contributed by atoms with Crippen LogP contribution in [0.25, 0.3) is 106 Å². The summed E-state index contributed by atoms with van der Waals surface area (Å²) in [4.78, 5) is 26.5. The highest BCUT2D eigenvalue weighted by Gasteiger charge is 2.43. The van der Waals surface area contributed by atoms with Crippen molar-refractivity contribution in [1.82, 2.24) is 24.5 Å². The first-order valence-corrected chi connectivity index (χ1v) is 29.9. The van der Waals surface area contributed by atoms with Crippen molar-refractivity contribution in [2.75, 3.05) is 9.80 Å². The first-order valence-electron chi connectivity index (χ1n) is 29.9. The minimum Gasteiger partial charge on any atom is -0.311 e. The normalized spacial score (nSPS) is 12.2. The summed E-state index contributed by atoms with van der Waals surface area (Å²) in [6, 6.07) is 112. The predicted molar refractivity (Wildman–Crippen MR) is 364 cm³/mol. The van der Waals surface area contributed by atoms with Gasteiger partial charge in [-0.25, -0.2) is 19.9 Å². The summed E-state index contributed by atoms with van der Waals surface area (Å²) < 4.78 is 2.39. The second-order valence-electron chi connectivity index (χ2n) is 22.5. The van der Waals surface area contributed by atoms with Gasteiger partial charge in [0.05, 0.1) is 39.5 Å². The first-order chi connectivity index (χ1) is 43.6. The number of fused-ring (bicyclic) bond motifs is 7. The summed E-state index contributed by atoms with van der Waals surface area (Å²) >= 11 is 0. The Balaban J connectivity index is 0.829. The SMILES string of the molecule is c1ccc(-c2cc(-c3ccc(-n4c5ccccc5c5ccccc54)c(-c4cc(-c5ccccc5)nc(-c5cccc(-c6cccc(N7c8ccccc8B8c9ccccc9N(c9ccccc9)c9cccc7c98)c6)c5)n4)c3)nc(-c3ccccc3)n2)cc1. The molecule has 0 amide bonds. The number of benzene rings is 12. The van der Waals surface area contributed by atoms with Gasteiger partial charge in [0.1, 0.15) is 0 Å². The Morgan fingerprint density at radius 1 is 0.250 bits per heavy atom. The maximum Gasteiger partial charge on any atom is 0.252 e. The summed E-state index contributed by atoms with van der Waals surface area (Å²) in [5, 5.41) is 2.35. The molecule has 0 spiro atoms. The summed E-state index contributed by atoms with van der Waals surface area (Å²) in [6.45, 7) is 0.0547. The van der Waals surface area contributed by atoms with E-state index < -0.39 is 0 Å². The van der Waals surface area contributed by atoms with Gasteiger partial charge >= 0.3 is 0 Å². The highest BCUT2D eigenvalue weighted by atomic mass is 15.2. The molecular weight excluding hydrogens is 1070 g/mol. The maximum atomic E-state index is 5.67. The molecule has 8 heteroatoms. The zero-order valence-corrected chi connectivity index (χ0v) is 47.7. The van der Waals surface area contributed by atoms with Gasteiger partial charge in [0.25, 0.3) is 6.71 Å². The average molecular weight is 1120 g/mol. The van der Waals surface area contributed by atoms with E-state index >= 15 is 0 Å². The Morgan fingerprint density at radius 2 is 0.670 bits per heavy atom. The van der Waals surface area contributed by atoms with Crippen LogP contribution in [0.15, 0.2) is 315 Å². The third-order valence-electron chi connectivity index (χ3n) is 17.4. The Morgan fingerprint density at radius 3 is 1.30 bits per heavy atom. The molecule has 0 atom stereocenters. The lowest BCUT2D eigenvalue weighted by atomic mass is 9.33. The molecule has 0 N–H and O–H groups in total. The molecule has 0 unspecified atom stereocenters. The minimum atomic E-state index is 0.0547. The van der Waals surface area contributed by atoms with E-state index in [9.17, 15) is 0 Å². The third kappa shape index (κ3) is 8.60. The van der Waals surface area contributed by atoms with Crippen molar-refractivity contribution in [1.29, 1.82) is 0 Å². The maximum absolute atomic E-state index is 5.67. The molecule has 0 radical (unpaired) electrons. The van der Waals surface area contributed by atoms with Crippen LogP contribution in [-0.4, -0.2) is 31.2 Å². The highest BCUT2D eigenvalue weighted by Crippen LogP contribution is 2.45. The van der Waals surface area contributed by atoms with Crippen molar-refractivity contribution >= 4 is 79.0 Å². The smallest absolute Gasteiger partial charge is 0.252 e. The molecule has 0 bridgehead atoms. The van der Waals surface area contributed by atoms with Gasteiger partial charge in [0, 0.05) is 78.3 Å². The summed E-state index contributed by atoms with van der Waals surface area (Å²) in [5.41, 5.74) is 25.0. The highest BCUT2D eigenvalue weighted by molar-refractivity contribution is 7.00. The number of rotatable bonds is 10. The van der Waals surface area contributed by atoms with Gasteiger partial charge < -0.3 is 14.4 Å². The molecule has 15 aromatic rings. The Labute approximate surface area is 510 Å². The fourth-order valence-electron chi connectivity index (χ4n) is 13.4. The van der Waals surface area contributed by atoms with Gasteiger partial charge in [0.15, 0.2) is 11.6 Å². The monoisotopic (exact) mass is 1120 g/mol. The lowest BCUT2D eigenvalue weighted by molar-refractivity contribution is 1.15. The van der Waals surface area contributed by atoms with Crippen LogP contribution in [0.5, 0.6) is 0 Å². The third-order valence-corrected chi connectivity index (χ3v) is 17.4. The lowest BCUT2D eigenvalue weighted by Gasteiger charge is -2.44. The van der Waals surface area contributed by atoms with E-state index in [4.69, 9.17) is 19.9 Å². The molecule has 2 aliphatic rings. The molecule has 17 rings (SSSR count). The second-order valence-corrected chi connectivity index (χ2v) is 22.5. The Hall–Kier alpha value is -11.7. The fourth-order valence-corrected chi connectivity index (χ4v) is 13.4. The molecule has 2 aliphatic heterocycles. The second kappa shape index (κ2) is 21.1. The molecule has 410 valence electrons. The zero-order valence-electron chi connectivity index (χ0n) is 47.7. The molecule has 88 heavy (non-hydrogen) atoms. The zero-order chi connectivity index (χ0) is 58.1. The van der Waals surface area contributed by atoms with Gasteiger partial charge in [-0.15, -0.1) is 0 Å². The van der Waals surface area contributed by atoms with Crippen LogP contribution in [0.2, 0.25) is 0 Å². The van der Waals surface area contributed by atoms with Crippen molar-refractivity contribution in [3.05, 3.63) is 315 Å². The summed E-state index contributed by atoms with van der Waals surface area (Å²) in [7, 11) is 0. The fraction of sp³-hybridized carbons (Fsp3) is 0. The number of para-hydroxylation sites is 5. The standard InChI is InChI=1S/C80H52BN7/c1-5-24-53(25-6-1)67-51-69(84-79(82-67)55-28-9-3-10-29-55)58-46-47-73(88-71-40-17-13-36-62(71)63-37-14-18-41-72(63)88)64(50-58)70-52-68(54-26-7-2-8-27-54)83-80(85-70)59-32-21-30-56(48-59)57-31-22-35-61(49-57)87-75-43-20-16-39-66(75)81-65-38-15-19-42-74(65)86(60-33-11-4-12-34-60)76-44-23-45-77(87)78(76)81/h1-52H. The van der Waals surface area contributed by atoms with E-state index in [2.05, 4.69) is 306 Å². The van der Waals surface area contributed by atoms with Gasteiger partial charge in [-0.05, 0) is 119 Å². The summed E-state index contributed by atoms with van der Waals surface area (Å²) in [6.07, 6.45) is 0. The molecule has 0 aliphatic carbocycles. The summed E-state index contributed by atoms with van der Waals surface area (Å²) in [5.74, 6) is 1.27. The first kappa shape index (κ1) is 50.8. The molecule has 0 saturated heterocycles. The number of hydrogen-bond donors (Lipinski definition) is 0. The van der Waals surface area contributed by atoms with Crippen molar-refractivity contribution < 1.29 is 0 Å². The molecular formula is C80H52BN7. The number of hydrogen-bond acceptors (Lipinski definition) is 6. The van der Waals surface area contributed by atoms with Crippen LogP contribution in [-0.2, 0) is 0 Å². The molecule has 5 heterocycles. The topological polar surface area (TPSA) is 63.0 Å².